The van der Waals surface area contributed by atoms with Crippen molar-refractivity contribution in [2.24, 2.45) is 0 Å². The number of nitrogens with zero attached hydrogens (tertiary/aromatic N) is 1. The Kier molecular flexibility index (Phi) is 1.99. The number of carbonyl (C=O) groups excluding carboxylic acids is 1. The van der Waals surface area contributed by atoms with E-state index in [-0.39, 0.29) is 12.5 Å². The minimum absolute atomic E-state index is 0.0709. The van der Waals surface area contributed by atoms with Gasteiger partial charge in [0.05, 0.1) is 5.69 Å². The lowest BCUT2D eigenvalue weighted by Crippen LogP contribution is -2.42. The molecular formula is C11H10BrNO2. The van der Waals surface area contributed by atoms with Crippen LogP contribution in [-0.2, 0) is 11.2 Å². The molecule has 4 heteroatoms. The Hall–Kier alpha value is -1.03. The second-order valence-corrected chi connectivity index (χ2v) is 4.66. The first-order chi connectivity index (χ1) is 7.27. The zero-order chi connectivity index (χ0) is 10.4. The fourth-order valence-corrected chi connectivity index (χ4v) is 2.75. The first kappa shape index (κ1) is 9.21. The Morgan fingerprint density at radius 3 is 3.13 bits per heavy atom. The highest BCUT2D eigenvalue weighted by Gasteiger charge is 2.31. The van der Waals surface area contributed by atoms with Crippen molar-refractivity contribution in [2.45, 2.75) is 12.8 Å². The largest absolute Gasteiger partial charge is 0.482 e. The zero-order valence-electron chi connectivity index (χ0n) is 8.12. The first-order valence-corrected chi connectivity index (χ1v) is 5.81. The number of anilines is 1. The van der Waals surface area contributed by atoms with Crippen LogP contribution in [0.3, 0.4) is 0 Å². The van der Waals surface area contributed by atoms with Crippen molar-refractivity contribution in [1.82, 2.24) is 0 Å². The van der Waals surface area contributed by atoms with Gasteiger partial charge in [-0.1, -0.05) is 15.9 Å². The van der Waals surface area contributed by atoms with Crippen LogP contribution in [-0.4, -0.2) is 19.1 Å². The van der Waals surface area contributed by atoms with Gasteiger partial charge in [-0.25, -0.2) is 0 Å². The maximum atomic E-state index is 11.7. The van der Waals surface area contributed by atoms with Crippen molar-refractivity contribution < 1.29 is 9.53 Å². The van der Waals surface area contributed by atoms with Crippen molar-refractivity contribution in [2.75, 3.05) is 18.1 Å². The van der Waals surface area contributed by atoms with Crippen LogP contribution in [0.2, 0.25) is 0 Å². The number of hydrogen-bond donors (Lipinski definition) is 0. The second kappa shape index (κ2) is 3.23. The summed E-state index contributed by atoms with van der Waals surface area (Å²) in [6.45, 7) is 0.993. The molecule has 1 aromatic carbocycles. The molecule has 78 valence electrons. The minimum atomic E-state index is 0.0709. The van der Waals surface area contributed by atoms with Crippen molar-refractivity contribution in [3.8, 4) is 5.75 Å². The van der Waals surface area contributed by atoms with Gasteiger partial charge in [-0.15, -0.1) is 0 Å². The smallest absolute Gasteiger partial charge is 0.265 e. The van der Waals surface area contributed by atoms with E-state index in [0.29, 0.717) is 0 Å². The standard InChI is InChI=1S/C11H10BrNO2/c12-8-3-4-9-11-7(8)2-1-5-13(11)10(14)6-15-9/h3-4H,1-2,5-6H2. The molecule has 0 unspecified atom stereocenters. The van der Waals surface area contributed by atoms with E-state index in [2.05, 4.69) is 15.9 Å². The van der Waals surface area contributed by atoms with E-state index < -0.39 is 0 Å². The van der Waals surface area contributed by atoms with Gasteiger partial charge in [-0.05, 0) is 30.5 Å². The van der Waals surface area contributed by atoms with E-state index in [1.807, 2.05) is 17.0 Å². The van der Waals surface area contributed by atoms with Gasteiger partial charge in [0.2, 0.25) is 0 Å². The van der Waals surface area contributed by atoms with Crippen molar-refractivity contribution >= 4 is 27.5 Å². The zero-order valence-corrected chi connectivity index (χ0v) is 9.71. The van der Waals surface area contributed by atoms with Crippen LogP contribution in [0.15, 0.2) is 16.6 Å². The number of benzene rings is 1. The Labute approximate surface area is 96.1 Å². The van der Waals surface area contributed by atoms with E-state index in [4.69, 9.17) is 4.74 Å². The predicted molar refractivity (Wildman–Crippen MR) is 60.3 cm³/mol. The molecule has 3 nitrogen and oxygen atoms in total. The molecule has 0 spiro atoms. The van der Waals surface area contributed by atoms with E-state index >= 15 is 0 Å². The molecule has 0 aromatic heterocycles. The highest BCUT2D eigenvalue weighted by Crippen LogP contribution is 2.42. The summed E-state index contributed by atoms with van der Waals surface area (Å²) in [7, 11) is 0. The molecule has 0 bridgehead atoms. The number of halogens is 1. The van der Waals surface area contributed by atoms with E-state index in [1.165, 1.54) is 5.56 Å². The molecule has 0 saturated carbocycles. The van der Waals surface area contributed by atoms with Crippen LogP contribution < -0.4 is 9.64 Å². The molecule has 1 aromatic rings. The van der Waals surface area contributed by atoms with Crippen LogP contribution >= 0.6 is 15.9 Å². The van der Waals surface area contributed by atoms with E-state index in [1.54, 1.807) is 0 Å². The highest BCUT2D eigenvalue weighted by atomic mass is 79.9. The number of hydrogen-bond acceptors (Lipinski definition) is 2. The average molecular weight is 268 g/mol. The molecular weight excluding hydrogens is 258 g/mol. The monoisotopic (exact) mass is 267 g/mol. The molecule has 0 fully saturated rings. The van der Waals surface area contributed by atoms with E-state index in [9.17, 15) is 4.79 Å². The summed E-state index contributed by atoms with van der Waals surface area (Å²) in [4.78, 5) is 13.5. The molecule has 0 radical (unpaired) electrons. The predicted octanol–water partition coefficient (Wildman–Crippen LogP) is 2.12. The molecule has 0 N–H and O–H groups in total. The van der Waals surface area contributed by atoms with Crippen LogP contribution in [0.4, 0.5) is 5.69 Å². The highest BCUT2D eigenvalue weighted by molar-refractivity contribution is 9.10. The number of ether oxygens (including phenoxy) is 1. The summed E-state index contributed by atoms with van der Waals surface area (Å²) in [6.07, 6.45) is 2.04. The molecule has 2 heterocycles. The molecule has 2 aliphatic rings. The fourth-order valence-electron chi connectivity index (χ4n) is 2.23. The Bertz CT molecular complexity index is 444. The lowest BCUT2D eigenvalue weighted by atomic mass is 10.00. The number of amides is 1. The summed E-state index contributed by atoms with van der Waals surface area (Å²) in [5.74, 6) is 0.911. The van der Waals surface area contributed by atoms with Gasteiger partial charge in [-0.2, -0.15) is 0 Å². The van der Waals surface area contributed by atoms with Gasteiger partial charge in [0.25, 0.3) is 5.91 Å². The lowest BCUT2D eigenvalue weighted by Gasteiger charge is -2.35. The van der Waals surface area contributed by atoms with Gasteiger partial charge in [0.15, 0.2) is 6.61 Å². The summed E-state index contributed by atoms with van der Waals surface area (Å²) >= 11 is 3.52. The van der Waals surface area contributed by atoms with Gasteiger partial charge < -0.3 is 9.64 Å². The maximum Gasteiger partial charge on any atom is 0.265 e. The van der Waals surface area contributed by atoms with Crippen LogP contribution in [0.25, 0.3) is 0 Å². The molecule has 0 aliphatic carbocycles. The maximum absolute atomic E-state index is 11.7. The first-order valence-electron chi connectivity index (χ1n) is 5.02. The Balaban J connectivity index is 2.25. The molecule has 2 aliphatic heterocycles. The third-order valence-electron chi connectivity index (χ3n) is 2.92. The van der Waals surface area contributed by atoms with Gasteiger partial charge in [0.1, 0.15) is 5.75 Å². The van der Waals surface area contributed by atoms with Crippen LogP contribution in [0.5, 0.6) is 5.75 Å². The van der Waals surface area contributed by atoms with Crippen molar-refractivity contribution in [3.63, 3.8) is 0 Å². The molecule has 1 amide bonds. The number of rotatable bonds is 0. The molecule has 0 saturated heterocycles. The van der Waals surface area contributed by atoms with E-state index in [0.717, 1.165) is 35.3 Å². The third-order valence-corrected chi connectivity index (χ3v) is 3.66. The lowest BCUT2D eigenvalue weighted by molar-refractivity contribution is -0.121. The van der Waals surface area contributed by atoms with Gasteiger partial charge in [0, 0.05) is 11.0 Å². The Morgan fingerprint density at radius 1 is 1.40 bits per heavy atom. The molecule has 15 heavy (non-hydrogen) atoms. The summed E-state index contributed by atoms with van der Waals surface area (Å²) in [5, 5.41) is 0. The van der Waals surface area contributed by atoms with Crippen molar-refractivity contribution in [1.29, 1.82) is 0 Å². The van der Waals surface area contributed by atoms with Crippen molar-refractivity contribution in [3.05, 3.63) is 22.2 Å². The van der Waals surface area contributed by atoms with Gasteiger partial charge >= 0.3 is 0 Å². The normalized spacial score (nSPS) is 18.5. The van der Waals surface area contributed by atoms with Gasteiger partial charge in [-0.3, -0.25) is 4.79 Å². The topological polar surface area (TPSA) is 29.5 Å². The minimum Gasteiger partial charge on any atom is -0.482 e. The SMILES string of the molecule is O=C1COc2ccc(Br)c3c2N1CCC3. The number of carbonyl (C=O) groups is 1. The van der Waals surface area contributed by atoms with Crippen LogP contribution in [0, 0.1) is 0 Å². The summed E-state index contributed by atoms with van der Waals surface area (Å²) in [5.41, 5.74) is 2.18. The summed E-state index contributed by atoms with van der Waals surface area (Å²) in [6, 6.07) is 3.92. The van der Waals surface area contributed by atoms with Crippen LogP contribution in [0.1, 0.15) is 12.0 Å². The molecule has 0 atom stereocenters. The molecule has 3 rings (SSSR count). The quantitative estimate of drug-likeness (QED) is 0.721. The fraction of sp³-hybridized carbons (Fsp3) is 0.364. The third kappa shape index (κ3) is 1.28. The Morgan fingerprint density at radius 2 is 2.27 bits per heavy atom. The summed E-state index contributed by atoms with van der Waals surface area (Å²) < 4.78 is 6.50. The second-order valence-electron chi connectivity index (χ2n) is 3.81. The average Bonchev–Trinajstić information content (AvgIpc) is 2.27.